The van der Waals surface area contributed by atoms with Gasteiger partial charge in [0.1, 0.15) is 12.4 Å². The van der Waals surface area contributed by atoms with Crippen LogP contribution in [-0.2, 0) is 6.61 Å². The number of hydrogen-bond acceptors (Lipinski definition) is 4. The van der Waals surface area contributed by atoms with Crippen LogP contribution in [0.5, 0.6) is 5.75 Å². The van der Waals surface area contributed by atoms with Crippen LogP contribution in [0.15, 0.2) is 22.7 Å². The van der Waals surface area contributed by atoms with E-state index in [1.54, 1.807) is 13.8 Å². The average molecular weight is 263 g/mol. The van der Waals surface area contributed by atoms with Crippen molar-refractivity contribution in [3.63, 3.8) is 0 Å². The largest absolute Gasteiger partial charge is 0.486 e. The molecule has 0 radical (unpaired) electrons. The zero-order chi connectivity index (χ0) is 14.0. The summed E-state index contributed by atoms with van der Waals surface area (Å²) in [5.74, 6) is 0.0129. The number of aromatic nitrogens is 1. The number of rotatable bonds is 4. The van der Waals surface area contributed by atoms with Gasteiger partial charge < -0.3 is 9.26 Å². The van der Waals surface area contributed by atoms with Gasteiger partial charge in [0.15, 0.2) is 17.3 Å². The third-order valence-electron chi connectivity index (χ3n) is 2.89. The fourth-order valence-corrected chi connectivity index (χ4v) is 1.69. The van der Waals surface area contributed by atoms with Crippen molar-refractivity contribution < 1.29 is 18.4 Å². The molecule has 0 unspecified atom stereocenters. The van der Waals surface area contributed by atoms with Crippen molar-refractivity contribution in [1.82, 2.24) is 5.16 Å². The van der Waals surface area contributed by atoms with Crippen molar-refractivity contribution in [2.45, 2.75) is 27.4 Å². The van der Waals surface area contributed by atoms with Gasteiger partial charge in [0.2, 0.25) is 0 Å². The van der Waals surface area contributed by atoms with Crippen LogP contribution in [0.25, 0.3) is 0 Å². The molecule has 1 aromatic carbocycles. The highest BCUT2D eigenvalue weighted by atomic mass is 19.1. The third-order valence-corrected chi connectivity index (χ3v) is 2.89. The lowest BCUT2D eigenvalue weighted by atomic mass is 10.1. The highest BCUT2D eigenvalue weighted by Gasteiger charge is 2.12. The lowest BCUT2D eigenvalue weighted by Crippen LogP contribution is -2.01. The number of ketones is 1. The van der Waals surface area contributed by atoms with Gasteiger partial charge >= 0.3 is 0 Å². The molecular weight excluding hydrogens is 249 g/mol. The van der Waals surface area contributed by atoms with E-state index in [1.807, 2.05) is 0 Å². The molecule has 100 valence electrons. The number of hydrogen-bond donors (Lipinski definition) is 0. The Balaban J connectivity index is 2.14. The third kappa shape index (κ3) is 2.81. The van der Waals surface area contributed by atoms with E-state index in [4.69, 9.17) is 9.26 Å². The highest BCUT2D eigenvalue weighted by Crippen LogP contribution is 2.21. The van der Waals surface area contributed by atoms with Gasteiger partial charge in [-0.25, -0.2) is 4.39 Å². The minimum atomic E-state index is -0.556. The minimum absolute atomic E-state index is 0.102. The molecule has 0 N–H and O–H groups in total. The van der Waals surface area contributed by atoms with Crippen molar-refractivity contribution in [3.8, 4) is 5.75 Å². The summed E-state index contributed by atoms with van der Waals surface area (Å²) in [6.07, 6.45) is 0. The molecule has 2 aromatic rings. The van der Waals surface area contributed by atoms with E-state index < -0.39 is 5.82 Å². The van der Waals surface area contributed by atoms with Gasteiger partial charge in [0, 0.05) is 5.56 Å². The maximum absolute atomic E-state index is 13.7. The lowest BCUT2D eigenvalue weighted by Gasteiger charge is -2.07. The van der Waals surface area contributed by atoms with E-state index in [0.29, 0.717) is 11.3 Å². The Morgan fingerprint density at radius 2 is 2.16 bits per heavy atom. The number of carbonyl (C=O) groups excluding carboxylic acids is 1. The van der Waals surface area contributed by atoms with Gasteiger partial charge in [0.05, 0.1) is 11.3 Å². The second kappa shape index (κ2) is 5.22. The zero-order valence-corrected chi connectivity index (χ0v) is 11.0. The number of aryl methyl sites for hydroxylation is 2. The average Bonchev–Trinajstić information content (AvgIpc) is 2.68. The van der Waals surface area contributed by atoms with Crippen LogP contribution in [0.2, 0.25) is 0 Å². The maximum Gasteiger partial charge on any atom is 0.165 e. The van der Waals surface area contributed by atoms with Gasteiger partial charge in [-0.05, 0) is 39.0 Å². The quantitative estimate of drug-likeness (QED) is 0.795. The predicted octanol–water partition coefficient (Wildman–Crippen LogP) is 3.21. The second-order valence-electron chi connectivity index (χ2n) is 4.29. The first-order valence-electron chi connectivity index (χ1n) is 5.84. The van der Waals surface area contributed by atoms with Gasteiger partial charge in [0.25, 0.3) is 0 Å². The Morgan fingerprint density at radius 3 is 2.68 bits per heavy atom. The van der Waals surface area contributed by atoms with E-state index in [0.717, 1.165) is 11.3 Å². The van der Waals surface area contributed by atoms with Gasteiger partial charge in [-0.1, -0.05) is 5.16 Å². The summed E-state index contributed by atoms with van der Waals surface area (Å²) in [5.41, 5.74) is 1.84. The summed E-state index contributed by atoms with van der Waals surface area (Å²) in [5, 5.41) is 3.79. The fourth-order valence-electron chi connectivity index (χ4n) is 1.69. The van der Waals surface area contributed by atoms with Crippen molar-refractivity contribution in [3.05, 3.63) is 46.6 Å². The van der Waals surface area contributed by atoms with E-state index in [-0.39, 0.29) is 18.1 Å². The molecular formula is C14H14FNO3. The normalized spacial score (nSPS) is 10.5. The standard InChI is InChI=1S/C14H14FNO3/c1-8-12(10(3)19-16-8)7-18-14-5-4-11(9(2)17)6-13(14)15/h4-6H,7H2,1-3H3. The second-order valence-corrected chi connectivity index (χ2v) is 4.29. The number of benzene rings is 1. The fraction of sp³-hybridized carbons (Fsp3) is 0.286. The molecule has 19 heavy (non-hydrogen) atoms. The maximum atomic E-state index is 13.7. The monoisotopic (exact) mass is 263 g/mol. The van der Waals surface area contributed by atoms with Crippen LogP contribution in [0.1, 0.15) is 34.3 Å². The topological polar surface area (TPSA) is 52.3 Å². The Morgan fingerprint density at radius 1 is 1.42 bits per heavy atom. The van der Waals surface area contributed by atoms with Gasteiger partial charge in [-0.3, -0.25) is 4.79 Å². The van der Waals surface area contributed by atoms with E-state index >= 15 is 0 Å². The zero-order valence-electron chi connectivity index (χ0n) is 11.0. The Bertz CT molecular complexity index is 600. The molecule has 5 heteroatoms. The van der Waals surface area contributed by atoms with Crippen molar-refractivity contribution >= 4 is 5.78 Å². The molecule has 0 fully saturated rings. The highest BCUT2D eigenvalue weighted by molar-refractivity contribution is 5.94. The van der Waals surface area contributed by atoms with Crippen LogP contribution >= 0.6 is 0 Å². The lowest BCUT2D eigenvalue weighted by molar-refractivity contribution is 0.101. The number of carbonyl (C=O) groups is 1. The molecule has 0 saturated carbocycles. The van der Waals surface area contributed by atoms with E-state index in [9.17, 15) is 9.18 Å². The van der Waals surface area contributed by atoms with E-state index in [1.165, 1.54) is 25.1 Å². The first-order valence-corrected chi connectivity index (χ1v) is 5.84. The summed E-state index contributed by atoms with van der Waals surface area (Å²) in [4.78, 5) is 11.1. The van der Waals surface area contributed by atoms with Crippen LogP contribution in [0, 0.1) is 19.7 Å². The first-order chi connectivity index (χ1) is 8.99. The van der Waals surface area contributed by atoms with E-state index in [2.05, 4.69) is 5.16 Å². The summed E-state index contributed by atoms with van der Waals surface area (Å²) >= 11 is 0. The molecule has 1 heterocycles. The molecule has 0 aliphatic rings. The predicted molar refractivity (Wildman–Crippen MR) is 66.7 cm³/mol. The van der Waals surface area contributed by atoms with Crippen LogP contribution in [0.3, 0.4) is 0 Å². The summed E-state index contributed by atoms with van der Waals surface area (Å²) in [6.45, 7) is 5.13. The molecule has 0 spiro atoms. The Labute approximate surface area is 110 Å². The first kappa shape index (κ1) is 13.3. The number of ether oxygens (including phenoxy) is 1. The summed E-state index contributed by atoms with van der Waals surface area (Å²) in [6, 6.07) is 4.16. The van der Waals surface area contributed by atoms with Crippen LogP contribution in [0.4, 0.5) is 4.39 Å². The number of Topliss-reactive ketones (excluding diaryl/α,β-unsaturated/α-hetero) is 1. The SMILES string of the molecule is CC(=O)c1ccc(OCc2c(C)noc2C)c(F)c1. The van der Waals surface area contributed by atoms with Crippen LogP contribution in [-0.4, -0.2) is 10.9 Å². The Kier molecular flexibility index (Phi) is 3.64. The van der Waals surface area contributed by atoms with Gasteiger partial charge in [-0.2, -0.15) is 0 Å². The molecule has 4 nitrogen and oxygen atoms in total. The molecule has 0 atom stereocenters. The van der Waals surface area contributed by atoms with Crippen molar-refractivity contribution in [1.29, 1.82) is 0 Å². The molecule has 0 bridgehead atoms. The Hall–Kier alpha value is -2.17. The summed E-state index contributed by atoms with van der Waals surface area (Å²) in [7, 11) is 0. The number of nitrogens with zero attached hydrogens (tertiary/aromatic N) is 1. The molecule has 0 saturated heterocycles. The molecule has 0 amide bonds. The molecule has 0 aliphatic carbocycles. The van der Waals surface area contributed by atoms with Crippen LogP contribution < -0.4 is 4.74 Å². The summed E-state index contributed by atoms with van der Waals surface area (Å²) < 4.78 is 24.1. The molecule has 2 rings (SSSR count). The molecule has 0 aliphatic heterocycles. The number of halogens is 1. The van der Waals surface area contributed by atoms with Crippen molar-refractivity contribution in [2.75, 3.05) is 0 Å². The van der Waals surface area contributed by atoms with Crippen molar-refractivity contribution in [2.24, 2.45) is 0 Å². The van der Waals surface area contributed by atoms with Gasteiger partial charge in [-0.15, -0.1) is 0 Å². The minimum Gasteiger partial charge on any atom is -0.486 e. The smallest absolute Gasteiger partial charge is 0.165 e. The molecule has 1 aromatic heterocycles.